The molecule has 0 rings (SSSR count). The SMILES string of the molecule is COC(O)COCCOCCOCCOCCOCCOCCOCCOCCOCCO. The van der Waals surface area contributed by atoms with E-state index in [1.807, 2.05) is 0 Å². The third-order valence-electron chi connectivity index (χ3n) is 3.74. The monoisotopic (exact) mass is 488 g/mol. The highest BCUT2D eigenvalue weighted by atomic mass is 16.6. The van der Waals surface area contributed by atoms with Crippen molar-refractivity contribution in [2.75, 3.05) is 133 Å². The highest BCUT2D eigenvalue weighted by Gasteiger charge is 2.00. The number of methoxy groups -OCH3 is 1. The van der Waals surface area contributed by atoms with Gasteiger partial charge in [0.25, 0.3) is 0 Å². The Kier molecular flexibility index (Phi) is 29.1. The summed E-state index contributed by atoms with van der Waals surface area (Å²) in [6.07, 6.45) is -0.898. The first-order chi connectivity index (χ1) is 16.3. The first-order valence-corrected chi connectivity index (χ1v) is 11.3. The molecular weight excluding hydrogens is 444 g/mol. The molecule has 0 aliphatic carbocycles. The Labute approximate surface area is 197 Å². The first-order valence-electron chi connectivity index (χ1n) is 11.3. The average molecular weight is 489 g/mol. The first kappa shape index (κ1) is 32.5. The second kappa shape index (κ2) is 29.6. The molecule has 0 aliphatic rings. The number of aliphatic hydroxyl groups excluding tert-OH is 2. The van der Waals surface area contributed by atoms with Gasteiger partial charge in [-0.2, -0.15) is 0 Å². The summed E-state index contributed by atoms with van der Waals surface area (Å²) < 4.78 is 52.4. The lowest BCUT2D eigenvalue weighted by Gasteiger charge is -2.10. The fourth-order valence-electron chi connectivity index (χ4n) is 2.08. The van der Waals surface area contributed by atoms with Crippen LogP contribution in [0.3, 0.4) is 0 Å². The van der Waals surface area contributed by atoms with Gasteiger partial charge in [0.15, 0.2) is 6.29 Å². The van der Waals surface area contributed by atoms with Gasteiger partial charge in [-0.25, -0.2) is 0 Å². The summed E-state index contributed by atoms with van der Waals surface area (Å²) >= 11 is 0. The molecule has 0 amide bonds. The van der Waals surface area contributed by atoms with Crippen LogP contribution in [0.5, 0.6) is 0 Å². The Morgan fingerprint density at radius 2 is 0.667 bits per heavy atom. The zero-order valence-corrected chi connectivity index (χ0v) is 20.0. The molecule has 33 heavy (non-hydrogen) atoms. The van der Waals surface area contributed by atoms with Crippen LogP contribution in [-0.4, -0.2) is 149 Å². The fraction of sp³-hybridized carbons (Fsp3) is 1.00. The summed E-state index contributed by atoms with van der Waals surface area (Å²) in [6, 6.07) is 0. The zero-order valence-electron chi connectivity index (χ0n) is 20.0. The molecule has 0 aromatic carbocycles. The summed E-state index contributed by atoms with van der Waals surface area (Å²) in [6.45, 7) is 8.23. The van der Waals surface area contributed by atoms with Crippen LogP contribution in [0.25, 0.3) is 0 Å². The van der Waals surface area contributed by atoms with E-state index in [1.165, 1.54) is 7.11 Å². The molecule has 0 radical (unpaired) electrons. The molecule has 0 bridgehead atoms. The highest BCUT2D eigenvalue weighted by Crippen LogP contribution is 1.88. The number of ether oxygens (including phenoxy) is 10. The van der Waals surface area contributed by atoms with Crippen LogP contribution in [0.2, 0.25) is 0 Å². The fourth-order valence-corrected chi connectivity index (χ4v) is 2.08. The predicted octanol–water partition coefficient (Wildman–Crippen LogP) is -0.907. The minimum atomic E-state index is -0.898. The second-order valence-corrected chi connectivity index (χ2v) is 6.39. The van der Waals surface area contributed by atoms with Gasteiger partial charge in [0, 0.05) is 7.11 Å². The van der Waals surface area contributed by atoms with Crippen molar-refractivity contribution in [2.45, 2.75) is 6.29 Å². The van der Waals surface area contributed by atoms with Crippen LogP contribution in [0.4, 0.5) is 0 Å². The second-order valence-electron chi connectivity index (χ2n) is 6.39. The highest BCUT2D eigenvalue weighted by molar-refractivity contribution is 4.39. The lowest BCUT2D eigenvalue weighted by atomic mass is 10.6. The van der Waals surface area contributed by atoms with Crippen LogP contribution in [0.15, 0.2) is 0 Å². The smallest absolute Gasteiger partial charge is 0.177 e. The van der Waals surface area contributed by atoms with Crippen molar-refractivity contribution >= 4 is 0 Å². The number of rotatable bonds is 29. The molecule has 0 saturated carbocycles. The van der Waals surface area contributed by atoms with Gasteiger partial charge < -0.3 is 57.6 Å². The molecule has 12 heteroatoms. The van der Waals surface area contributed by atoms with Gasteiger partial charge in [-0.1, -0.05) is 0 Å². The van der Waals surface area contributed by atoms with Gasteiger partial charge in [-0.05, 0) is 0 Å². The third kappa shape index (κ3) is 29.5. The van der Waals surface area contributed by atoms with Crippen molar-refractivity contribution < 1.29 is 57.6 Å². The molecule has 0 heterocycles. The Hall–Kier alpha value is -0.480. The largest absolute Gasteiger partial charge is 0.394 e. The van der Waals surface area contributed by atoms with Crippen LogP contribution >= 0.6 is 0 Å². The van der Waals surface area contributed by atoms with E-state index >= 15 is 0 Å². The van der Waals surface area contributed by atoms with E-state index in [2.05, 4.69) is 4.74 Å². The lowest BCUT2D eigenvalue weighted by molar-refractivity contribution is -0.123. The molecule has 0 aromatic heterocycles. The van der Waals surface area contributed by atoms with Crippen molar-refractivity contribution in [3.63, 3.8) is 0 Å². The minimum Gasteiger partial charge on any atom is -0.394 e. The molecule has 0 aliphatic heterocycles. The standard InChI is InChI=1S/C21H44O12/c1-24-21(23)20-33-19-18-32-17-16-31-15-14-30-13-12-29-11-10-28-9-8-27-7-6-26-5-4-25-3-2-22/h21-23H,2-20H2,1H3. The normalized spacial score (nSPS) is 12.5. The minimum absolute atomic E-state index is 0.0253. The van der Waals surface area contributed by atoms with Crippen molar-refractivity contribution in [3.8, 4) is 0 Å². The van der Waals surface area contributed by atoms with Gasteiger partial charge in [0.1, 0.15) is 0 Å². The van der Waals surface area contributed by atoms with E-state index in [1.54, 1.807) is 0 Å². The Balaban J connectivity index is 3.01. The van der Waals surface area contributed by atoms with Crippen molar-refractivity contribution in [1.29, 1.82) is 0 Å². The van der Waals surface area contributed by atoms with Crippen molar-refractivity contribution in [3.05, 3.63) is 0 Å². The maximum atomic E-state index is 9.10. The molecule has 1 atom stereocenters. The molecule has 12 nitrogen and oxygen atoms in total. The quantitative estimate of drug-likeness (QED) is 0.0998. The summed E-state index contributed by atoms with van der Waals surface area (Å²) in [7, 11) is 1.41. The van der Waals surface area contributed by atoms with Crippen LogP contribution in [0.1, 0.15) is 0 Å². The van der Waals surface area contributed by atoms with E-state index in [-0.39, 0.29) is 13.2 Å². The van der Waals surface area contributed by atoms with E-state index in [9.17, 15) is 0 Å². The van der Waals surface area contributed by atoms with Crippen molar-refractivity contribution in [2.24, 2.45) is 0 Å². The molecular formula is C21H44O12. The van der Waals surface area contributed by atoms with E-state index < -0.39 is 6.29 Å². The summed E-state index contributed by atoms with van der Waals surface area (Å²) in [5, 5.41) is 17.6. The summed E-state index contributed by atoms with van der Waals surface area (Å²) in [4.78, 5) is 0. The van der Waals surface area contributed by atoms with Crippen molar-refractivity contribution in [1.82, 2.24) is 0 Å². The molecule has 0 saturated heterocycles. The molecule has 1 unspecified atom stereocenters. The Morgan fingerprint density at radius 3 is 0.909 bits per heavy atom. The zero-order chi connectivity index (χ0) is 24.1. The molecule has 0 spiro atoms. The van der Waals surface area contributed by atoms with Gasteiger partial charge in [0.05, 0.1) is 126 Å². The maximum Gasteiger partial charge on any atom is 0.177 e. The van der Waals surface area contributed by atoms with Gasteiger partial charge in [-0.3, -0.25) is 0 Å². The summed E-state index contributed by atoms with van der Waals surface area (Å²) in [5.74, 6) is 0. The topological polar surface area (TPSA) is 133 Å². The Bertz CT molecular complexity index is 351. The summed E-state index contributed by atoms with van der Waals surface area (Å²) in [5.41, 5.74) is 0. The van der Waals surface area contributed by atoms with E-state index in [0.29, 0.717) is 112 Å². The average Bonchev–Trinajstić information content (AvgIpc) is 2.83. The van der Waals surface area contributed by atoms with Gasteiger partial charge in [0.2, 0.25) is 0 Å². The molecule has 0 fully saturated rings. The van der Waals surface area contributed by atoms with Gasteiger partial charge >= 0.3 is 0 Å². The van der Waals surface area contributed by atoms with Crippen LogP contribution in [-0.2, 0) is 47.4 Å². The van der Waals surface area contributed by atoms with Gasteiger partial charge in [-0.15, -0.1) is 0 Å². The van der Waals surface area contributed by atoms with E-state index in [4.69, 9.17) is 52.8 Å². The Morgan fingerprint density at radius 1 is 0.424 bits per heavy atom. The number of hydrogen-bond donors (Lipinski definition) is 2. The predicted molar refractivity (Wildman–Crippen MR) is 117 cm³/mol. The van der Waals surface area contributed by atoms with E-state index in [0.717, 1.165) is 0 Å². The van der Waals surface area contributed by atoms with Crippen LogP contribution < -0.4 is 0 Å². The molecule has 200 valence electrons. The number of aliphatic hydroxyl groups is 2. The number of hydrogen-bond acceptors (Lipinski definition) is 12. The maximum absolute atomic E-state index is 9.10. The molecule has 2 N–H and O–H groups in total. The third-order valence-corrected chi connectivity index (χ3v) is 3.74. The molecule has 0 aromatic rings. The lowest BCUT2D eigenvalue weighted by Crippen LogP contribution is -2.19. The van der Waals surface area contributed by atoms with Crippen LogP contribution in [0, 0.1) is 0 Å².